The van der Waals surface area contributed by atoms with Gasteiger partial charge in [0.2, 0.25) is 11.8 Å². The lowest BCUT2D eigenvalue weighted by Gasteiger charge is -2.35. The van der Waals surface area contributed by atoms with E-state index in [0.717, 1.165) is 0 Å². The monoisotopic (exact) mass is 469 g/mol. The maximum atomic E-state index is 13.2. The third kappa shape index (κ3) is 3.90. The molecule has 2 aromatic heterocycles. The van der Waals surface area contributed by atoms with Crippen molar-refractivity contribution in [3.8, 4) is 11.5 Å². The number of aromatic amines is 1. The van der Waals surface area contributed by atoms with E-state index in [2.05, 4.69) is 15.0 Å². The van der Waals surface area contributed by atoms with Crippen molar-refractivity contribution in [2.24, 2.45) is 0 Å². The van der Waals surface area contributed by atoms with Crippen molar-refractivity contribution in [3.05, 3.63) is 88.5 Å². The number of carbonyl (C=O) groups is 1. The van der Waals surface area contributed by atoms with Crippen molar-refractivity contribution in [1.29, 1.82) is 0 Å². The summed E-state index contributed by atoms with van der Waals surface area (Å²) < 4.78 is 19.0. The van der Waals surface area contributed by atoms with Gasteiger partial charge in [-0.2, -0.15) is 0 Å². The molecular weight excluding hydrogens is 449 g/mol. The number of halogens is 1. The Morgan fingerprint density at radius 3 is 2.49 bits per heavy atom. The number of nitrogens with one attached hydrogen (secondary N) is 1. The van der Waals surface area contributed by atoms with Crippen LogP contribution in [0, 0.1) is 5.82 Å². The summed E-state index contributed by atoms with van der Waals surface area (Å²) in [6.45, 7) is 2.08. The highest BCUT2D eigenvalue weighted by Crippen LogP contribution is 2.26. The molecule has 5 aromatic rings. The molecule has 0 aliphatic carbocycles. The lowest BCUT2D eigenvalue weighted by atomic mass is 10.1. The number of fused-ring (bicyclic) bond motifs is 2. The molecule has 1 fully saturated rings. The number of H-pyrrole nitrogens is 1. The predicted octanol–water partition coefficient (Wildman–Crippen LogP) is 3.83. The van der Waals surface area contributed by atoms with E-state index in [0.29, 0.717) is 71.1 Å². The molecule has 3 heterocycles. The summed E-state index contributed by atoms with van der Waals surface area (Å²) in [4.78, 5) is 41.2. The molecule has 35 heavy (non-hydrogen) atoms. The Kier molecular flexibility index (Phi) is 5.02. The van der Waals surface area contributed by atoms with Crippen molar-refractivity contribution >= 4 is 33.9 Å². The van der Waals surface area contributed by atoms with E-state index in [-0.39, 0.29) is 17.3 Å². The normalized spacial score (nSPS) is 14.1. The van der Waals surface area contributed by atoms with Crippen molar-refractivity contribution in [1.82, 2.24) is 19.9 Å². The van der Waals surface area contributed by atoms with Gasteiger partial charge in [0, 0.05) is 37.3 Å². The SMILES string of the molecule is O=C(c1ccc2nc(-c3ccc(F)cc3)oc2c1)N1CCN(c2nc3ccccc3c(=O)[nH]2)CC1. The van der Waals surface area contributed by atoms with E-state index >= 15 is 0 Å². The standard InChI is InChI=1S/C26H20FN5O3/c27-18-8-5-16(6-9-18)24-28-21-10-7-17(15-22(21)35-24)25(34)31-11-13-32(14-12-31)26-29-20-4-2-1-3-19(20)23(33)30-26/h1-10,15H,11-14H2,(H,29,30,33). The Bertz CT molecular complexity index is 1620. The number of rotatable bonds is 3. The number of anilines is 1. The highest BCUT2D eigenvalue weighted by atomic mass is 19.1. The number of nitrogens with zero attached hydrogens (tertiary/aromatic N) is 4. The van der Waals surface area contributed by atoms with Crippen LogP contribution in [0.5, 0.6) is 0 Å². The topological polar surface area (TPSA) is 95.3 Å². The largest absolute Gasteiger partial charge is 0.436 e. The maximum absolute atomic E-state index is 13.2. The third-order valence-electron chi connectivity index (χ3n) is 6.19. The van der Waals surface area contributed by atoms with E-state index in [9.17, 15) is 14.0 Å². The van der Waals surface area contributed by atoms with Gasteiger partial charge >= 0.3 is 0 Å². The second-order valence-corrected chi connectivity index (χ2v) is 8.39. The number of amides is 1. The summed E-state index contributed by atoms with van der Waals surface area (Å²) >= 11 is 0. The molecule has 0 radical (unpaired) electrons. The first-order chi connectivity index (χ1) is 17.0. The van der Waals surface area contributed by atoms with Crippen molar-refractivity contribution in [2.75, 3.05) is 31.1 Å². The second kappa shape index (κ2) is 8.35. The van der Waals surface area contributed by atoms with Crippen LogP contribution < -0.4 is 10.5 Å². The Hall–Kier alpha value is -4.53. The van der Waals surface area contributed by atoms with Crippen molar-refractivity contribution in [3.63, 3.8) is 0 Å². The van der Waals surface area contributed by atoms with E-state index < -0.39 is 0 Å². The van der Waals surface area contributed by atoms with Crippen LogP contribution in [0.1, 0.15) is 10.4 Å². The molecule has 174 valence electrons. The molecule has 1 saturated heterocycles. The fourth-order valence-corrected chi connectivity index (χ4v) is 4.30. The van der Waals surface area contributed by atoms with Crippen LogP contribution in [-0.2, 0) is 0 Å². The lowest BCUT2D eigenvalue weighted by Crippen LogP contribution is -2.49. The van der Waals surface area contributed by atoms with Gasteiger partial charge in [-0.3, -0.25) is 14.6 Å². The highest BCUT2D eigenvalue weighted by molar-refractivity contribution is 5.97. The van der Waals surface area contributed by atoms with Gasteiger partial charge in [0.25, 0.3) is 11.5 Å². The van der Waals surface area contributed by atoms with Gasteiger partial charge in [0.05, 0.1) is 10.9 Å². The fourth-order valence-electron chi connectivity index (χ4n) is 4.30. The summed E-state index contributed by atoms with van der Waals surface area (Å²) in [7, 11) is 0. The molecule has 0 saturated carbocycles. The average Bonchev–Trinajstić information content (AvgIpc) is 3.32. The van der Waals surface area contributed by atoms with E-state index in [1.165, 1.54) is 12.1 Å². The van der Waals surface area contributed by atoms with Crippen LogP contribution in [-0.4, -0.2) is 51.9 Å². The molecule has 0 spiro atoms. The number of aromatic nitrogens is 3. The van der Waals surface area contributed by atoms with Gasteiger partial charge in [-0.05, 0) is 54.6 Å². The molecule has 0 unspecified atom stereocenters. The smallest absolute Gasteiger partial charge is 0.260 e. The number of hydrogen-bond acceptors (Lipinski definition) is 6. The number of hydrogen-bond donors (Lipinski definition) is 1. The van der Waals surface area contributed by atoms with Crippen LogP contribution in [0.25, 0.3) is 33.5 Å². The van der Waals surface area contributed by atoms with Gasteiger partial charge < -0.3 is 14.2 Å². The molecule has 1 amide bonds. The number of para-hydroxylation sites is 1. The molecule has 6 rings (SSSR count). The first-order valence-electron chi connectivity index (χ1n) is 11.2. The van der Waals surface area contributed by atoms with E-state index in [1.807, 2.05) is 23.1 Å². The zero-order valence-electron chi connectivity index (χ0n) is 18.6. The Labute approximate surface area is 198 Å². The highest BCUT2D eigenvalue weighted by Gasteiger charge is 2.24. The Morgan fingerprint density at radius 2 is 1.69 bits per heavy atom. The average molecular weight is 469 g/mol. The van der Waals surface area contributed by atoms with Crippen LogP contribution in [0.2, 0.25) is 0 Å². The molecule has 0 atom stereocenters. The van der Waals surface area contributed by atoms with Crippen molar-refractivity contribution < 1.29 is 13.6 Å². The summed E-state index contributed by atoms with van der Waals surface area (Å²) in [5.41, 5.74) is 2.75. The predicted molar refractivity (Wildman–Crippen MR) is 130 cm³/mol. The summed E-state index contributed by atoms with van der Waals surface area (Å²) in [6, 6.07) is 18.3. The van der Waals surface area contributed by atoms with Gasteiger partial charge in [-0.15, -0.1) is 0 Å². The van der Waals surface area contributed by atoms with Gasteiger partial charge in [-0.1, -0.05) is 12.1 Å². The Morgan fingerprint density at radius 1 is 0.914 bits per heavy atom. The third-order valence-corrected chi connectivity index (χ3v) is 6.19. The summed E-state index contributed by atoms with van der Waals surface area (Å²) in [6.07, 6.45) is 0. The number of piperazine rings is 1. The molecule has 1 N–H and O–H groups in total. The van der Waals surface area contributed by atoms with Gasteiger partial charge in [0.1, 0.15) is 11.3 Å². The first kappa shape index (κ1) is 21.0. The minimum absolute atomic E-state index is 0.105. The number of benzene rings is 3. The fraction of sp³-hybridized carbons (Fsp3) is 0.154. The first-order valence-corrected chi connectivity index (χ1v) is 11.2. The minimum Gasteiger partial charge on any atom is -0.436 e. The quantitative estimate of drug-likeness (QED) is 0.432. The van der Waals surface area contributed by atoms with Gasteiger partial charge in [-0.25, -0.2) is 14.4 Å². The number of carbonyl (C=O) groups excluding carboxylic acids is 1. The van der Waals surface area contributed by atoms with E-state index in [1.54, 1.807) is 41.3 Å². The van der Waals surface area contributed by atoms with Crippen LogP contribution in [0.4, 0.5) is 10.3 Å². The summed E-state index contributed by atoms with van der Waals surface area (Å²) in [5.74, 6) is 0.444. The molecule has 0 bridgehead atoms. The zero-order valence-corrected chi connectivity index (χ0v) is 18.6. The second-order valence-electron chi connectivity index (χ2n) is 8.39. The molecule has 8 nitrogen and oxygen atoms in total. The summed E-state index contributed by atoms with van der Waals surface area (Å²) in [5, 5.41) is 0.551. The molecular formula is C26H20FN5O3. The molecule has 1 aliphatic rings. The molecule has 9 heteroatoms. The van der Waals surface area contributed by atoms with E-state index in [4.69, 9.17) is 4.42 Å². The number of oxazole rings is 1. The van der Waals surface area contributed by atoms with Crippen LogP contribution >= 0.6 is 0 Å². The molecule has 1 aliphatic heterocycles. The van der Waals surface area contributed by atoms with Crippen molar-refractivity contribution in [2.45, 2.75) is 0 Å². The maximum Gasteiger partial charge on any atom is 0.260 e. The van der Waals surface area contributed by atoms with Gasteiger partial charge in [0.15, 0.2) is 5.58 Å². The minimum atomic E-state index is -0.333. The lowest BCUT2D eigenvalue weighted by molar-refractivity contribution is 0.0746. The molecule has 3 aromatic carbocycles. The van der Waals surface area contributed by atoms with Crippen LogP contribution in [0.15, 0.2) is 75.9 Å². The zero-order chi connectivity index (χ0) is 23.9. The Balaban J connectivity index is 1.18. The van der Waals surface area contributed by atoms with Crippen LogP contribution in [0.3, 0.4) is 0 Å².